The molecule has 0 aliphatic carbocycles. The second-order valence-corrected chi connectivity index (χ2v) is 5.25. The normalized spacial score (nSPS) is 10.7. The Morgan fingerprint density at radius 3 is 2.74 bits per heavy atom. The van der Waals surface area contributed by atoms with E-state index < -0.39 is 0 Å². The number of aromatic amines is 1. The summed E-state index contributed by atoms with van der Waals surface area (Å²) < 4.78 is 18.4. The lowest BCUT2D eigenvalue weighted by molar-refractivity contribution is 0.0956. The van der Waals surface area contributed by atoms with Gasteiger partial charge in [0.05, 0.1) is 12.7 Å². The summed E-state index contributed by atoms with van der Waals surface area (Å²) in [5.41, 5.74) is 2.30. The first-order valence-electron chi connectivity index (χ1n) is 7.35. The number of carbonyl (C=O) groups is 1. The minimum absolute atomic E-state index is 0.213. The van der Waals surface area contributed by atoms with Crippen molar-refractivity contribution in [2.45, 2.75) is 6.42 Å². The van der Waals surface area contributed by atoms with Crippen molar-refractivity contribution < 1.29 is 13.9 Å². The summed E-state index contributed by atoms with van der Waals surface area (Å²) in [5.74, 6) is 0.235. The Hall–Kier alpha value is -2.82. The minimum atomic E-state index is -0.357. The quantitative estimate of drug-likeness (QED) is 0.759. The van der Waals surface area contributed by atoms with Crippen LogP contribution in [0.5, 0.6) is 5.75 Å². The second kappa shape index (κ2) is 6.52. The van der Waals surface area contributed by atoms with Crippen LogP contribution in [-0.4, -0.2) is 24.5 Å². The number of nitrogens with one attached hydrogen (secondary N) is 2. The van der Waals surface area contributed by atoms with E-state index in [4.69, 9.17) is 4.74 Å². The number of aromatic nitrogens is 1. The molecule has 2 N–H and O–H groups in total. The minimum Gasteiger partial charge on any atom is -0.497 e. The average molecular weight is 312 g/mol. The third-order valence-electron chi connectivity index (χ3n) is 3.75. The number of amides is 1. The van der Waals surface area contributed by atoms with Crippen molar-refractivity contribution in [3.63, 3.8) is 0 Å². The number of H-pyrrole nitrogens is 1. The fourth-order valence-electron chi connectivity index (χ4n) is 2.49. The van der Waals surface area contributed by atoms with Crippen LogP contribution in [0.1, 0.15) is 15.9 Å². The highest BCUT2D eigenvalue weighted by molar-refractivity contribution is 6.06. The van der Waals surface area contributed by atoms with E-state index in [1.165, 1.54) is 12.1 Å². The molecule has 0 saturated heterocycles. The summed E-state index contributed by atoms with van der Waals surface area (Å²) in [5, 5.41) is 3.45. The van der Waals surface area contributed by atoms with Gasteiger partial charge in [-0.15, -0.1) is 0 Å². The summed E-state index contributed by atoms with van der Waals surface area (Å²) in [6.45, 7) is 0.507. The lowest BCUT2D eigenvalue weighted by atomic mass is 10.1. The van der Waals surface area contributed by atoms with Crippen molar-refractivity contribution in [2.24, 2.45) is 0 Å². The molecule has 0 atom stereocenters. The number of halogens is 1. The monoisotopic (exact) mass is 312 g/mol. The van der Waals surface area contributed by atoms with E-state index in [9.17, 15) is 9.18 Å². The third kappa shape index (κ3) is 3.34. The topological polar surface area (TPSA) is 54.1 Å². The van der Waals surface area contributed by atoms with Crippen LogP contribution in [-0.2, 0) is 6.42 Å². The van der Waals surface area contributed by atoms with Crippen molar-refractivity contribution in [3.05, 3.63) is 65.6 Å². The van der Waals surface area contributed by atoms with Crippen LogP contribution in [0.4, 0.5) is 4.39 Å². The smallest absolute Gasteiger partial charge is 0.253 e. The predicted molar refractivity (Wildman–Crippen MR) is 87.3 cm³/mol. The van der Waals surface area contributed by atoms with Crippen LogP contribution in [0.15, 0.2) is 48.7 Å². The van der Waals surface area contributed by atoms with Gasteiger partial charge in [0.15, 0.2) is 0 Å². The molecule has 1 heterocycles. The summed E-state index contributed by atoms with van der Waals surface area (Å²) in [6.07, 6.45) is 2.32. The first-order chi connectivity index (χ1) is 11.2. The number of rotatable bonds is 5. The van der Waals surface area contributed by atoms with Crippen LogP contribution in [0.25, 0.3) is 10.9 Å². The van der Waals surface area contributed by atoms with Gasteiger partial charge in [0.25, 0.3) is 5.91 Å². The zero-order valence-corrected chi connectivity index (χ0v) is 12.7. The summed E-state index contributed by atoms with van der Waals surface area (Å²) in [7, 11) is 1.62. The SMILES string of the molecule is COc1ccc(CCNC(=O)c2c[nH]c3ccc(F)cc23)cc1. The van der Waals surface area contributed by atoms with Gasteiger partial charge in [0.1, 0.15) is 11.6 Å². The molecule has 1 aromatic heterocycles. The molecule has 0 radical (unpaired) electrons. The number of hydrogen-bond donors (Lipinski definition) is 2. The highest BCUT2D eigenvalue weighted by Gasteiger charge is 2.12. The highest BCUT2D eigenvalue weighted by atomic mass is 19.1. The molecule has 0 unspecified atom stereocenters. The van der Waals surface area contributed by atoms with Gasteiger partial charge in [-0.05, 0) is 42.3 Å². The summed E-state index contributed by atoms with van der Waals surface area (Å²) >= 11 is 0. The van der Waals surface area contributed by atoms with Gasteiger partial charge < -0.3 is 15.0 Å². The molecule has 5 heteroatoms. The molecule has 0 aliphatic rings. The van der Waals surface area contributed by atoms with Gasteiger partial charge in [-0.1, -0.05) is 12.1 Å². The van der Waals surface area contributed by atoms with Crippen LogP contribution < -0.4 is 10.1 Å². The van der Waals surface area contributed by atoms with E-state index in [1.54, 1.807) is 19.4 Å². The van der Waals surface area contributed by atoms with E-state index in [0.717, 1.165) is 16.8 Å². The molecular formula is C18H17FN2O2. The lowest BCUT2D eigenvalue weighted by Gasteiger charge is -2.06. The number of ether oxygens (including phenoxy) is 1. The average Bonchev–Trinajstić information content (AvgIpc) is 2.98. The van der Waals surface area contributed by atoms with Crippen molar-refractivity contribution in [1.82, 2.24) is 10.3 Å². The van der Waals surface area contributed by atoms with Crippen molar-refractivity contribution >= 4 is 16.8 Å². The summed E-state index contributed by atoms with van der Waals surface area (Å²) in [6, 6.07) is 12.1. The zero-order valence-electron chi connectivity index (χ0n) is 12.7. The first kappa shape index (κ1) is 15.1. The molecule has 3 rings (SSSR count). The Kier molecular flexibility index (Phi) is 4.28. The highest BCUT2D eigenvalue weighted by Crippen LogP contribution is 2.19. The summed E-state index contributed by atoms with van der Waals surface area (Å²) in [4.78, 5) is 15.2. The van der Waals surface area contributed by atoms with Crippen molar-refractivity contribution in [1.29, 1.82) is 0 Å². The van der Waals surface area contributed by atoms with Gasteiger partial charge in [-0.25, -0.2) is 4.39 Å². The van der Waals surface area contributed by atoms with Crippen molar-refractivity contribution in [3.8, 4) is 5.75 Å². The number of hydrogen-bond acceptors (Lipinski definition) is 2. The molecule has 1 amide bonds. The molecule has 0 saturated carbocycles. The van der Waals surface area contributed by atoms with Crippen LogP contribution in [0.3, 0.4) is 0 Å². The first-order valence-corrected chi connectivity index (χ1v) is 7.35. The van der Waals surface area contributed by atoms with E-state index in [-0.39, 0.29) is 11.7 Å². The zero-order chi connectivity index (χ0) is 16.2. The van der Waals surface area contributed by atoms with Crippen molar-refractivity contribution in [2.75, 3.05) is 13.7 Å². The molecule has 23 heavy (non-hydrogen) atoms. The molecule has 0 fully saturated rings. The molecule has 2 aromatic carbocycles. The number of carbonyl (C=O) groups excluding carboxylic acids is 1. The van der Waals surface area contributed by atoms with Crippen LogP contribution in [0.2, 0.25) is 0 Å². The Labute approximate surface area is 133 Å². The fraction of sp³-hybridized carbons (Fsp3) is 0.167. The van der Waals surface area contributed by atoms with Gasteiger partial charge in [0.2, 0.25) is 0 Å². The fourth-order valence-corrected chi connectivity index (χ4v) is 2.49. The lowest BCUT2D eigenvalue weighted by Crippen LogP contribution is -2.25. The maximum absolute atomic E-state index is 13.3. The van der Waals surface area contributed by atoms with E-state index in [0.29, 0.717) is 23.9 Å². The standard InChI is InChI=1S/C18H17FN2O2/c1-23-14-5-2-12(3-6-14)8-9-20-18(22)16-11-21-17-7-4-13(19)10-15(16)17/h2-7,10-11,21H,8-9H2,1H3,(H,20,22). The van der Waals surface area contributed by atoms with Gasteiger partial charge in [0, 0.05) is 23.6 Å². The maximum Gasteiger partial charge on any atom is 0.253 e. The van der Waals surface area contributed by atoms with Crippen LogP contribution in [0, 0.1) is 5.82 Å². The Bertz CT molecular complexity index is 825. The number of methoxy groups -OCH3 is 1. The molecule has 4 nitrogen and oxygen atoms in total. The molecule has 0 spiro atoms. The molecule has 0 bridgehead atoms. The number of fused-ring (bicyclic) bond motifs is 1. The van der Waals surface area contributed by atoms with Gasteiger partial charge in [-0.2, -0.15) is 0 Å². The number of benzene rings is 2. The Morgan fingerprint density at radius 1 is 1.22 bits per heavy atom. The van der Waals surface area contributed by atoms with E-state index >= 15 is 0 Å². The molecular weight excluding hydrogens is 295 g/mol. The van der Waals surface area contributed by atoms with Crippen LogP contribution >= 0.6 is 0 Å². The molecule has 3 aromatic rings. The largest absolute Gasteiger partial charge is 0.497 e. The van der Waals surface area contributed by atoms with E-state index in [2.05, 4.69) is 10.3 Å². The predicted octanol–water partition coefficient (Wildman–Crippen LogP) is 3.29. The van der Waals surface area contributed by atoms with Gasteiger partial charge >= 0.3 is 0 Å². The third-order valence-corrected chi connectivity index (χ3v) is 3.75. The molecule has 118 valence electrons. The Morgan fingerprint density at radius 2 is 2.00 bits per heavy atom. The second-order valence-electron chi connectivity index (χ2n) is 5.25. The molecule has 0 aliphatic heterocycles. The van der Waals surface area contributed by atoms with E-state index in [1.807, 2.05) is 24.3 Å². The van der Waals surface area contributed by atoms with Gasteiger partial charge in [-0.3, -0.25) is 4.79 Å². The maximum atomic E-state index is 13.3. The Balaban J connectivity index is 1.63.